The SMILES string of the molecule is Cc1ccc(C(N)=S)c(Oc2cc(F)c(Cl)cc2Br)n1. The van der Waals surface area contributed by atoms with E-state index in [1.807, 2.05) is 0 Å². The lowest BCUT2D eigenvalue weighted by atomic mass is 10.2. The Morgan fingerprint density at radius 3 is 2.80 bits per heavy atom. The molecule has 2 aromatic rings. The first-order chi connectivity index (χ1) is 9.38. The Balaban J connectivity index is 2.47. The summed E-state index contributed by atoms with van der Waals surface area (Å²) in [7, 11) is 0. The number of rotatable bonds is 3. The van der Waals surface area contributed by atoms with Crippen molar-refractivity contribution in [1.29, 1.82) is 0 Å². The normalized spacial score (nSPS) is 10.4. The number of nitrogens with two attached hydrogens (primary N) is 1. The first kappa shape index (κ1) is 15.2. The number of aromatic nitrogens is 1. The number of hydrogen-bond donors (Lipinski definition) is 1. The van der Waals surface area contributed by atoms with Crippen LogP contribution in [0.5, 0.6) is 11.6 Å². The van der Waals surface area contributed by atoms with E-state index < -0.39 is 5.82 Å². The van der Waals surface area contributed by atoms with Crippen LogP contribution in [-0.2, 0) is 0 Å². The highest BCUT2D eigenvalue weighted by molar-refractivity contribution is 9.10. The van der Waals surface area contributed by atoms with E-state index in [0.29, 0.717) is 10.0 Å². The lowest BCUT2D eigenvalue weighted by Crippen LogP contribution is -2.12. The summed E-state index contributed by atoms with van der Waals surface area (Å²) in [6.07, 6.45) is 0. The summed E-state index contributed by atoms with van der Waals surface area (Å²) < 4.78 is 19.6. The van der Waals surface area contributed by atoms with Gasteiger partial charge in [-0.25, -0.2) is 9.37 Å². The van der Waals surface area contributed by atoms with Gasteiger partial charge in [-0.2, -0.15) is 0 Å². The fraction of sp³-hybridized carbons (Fsp3) is 0.0769. The highest BCUT2D eigenvalue weighted by Gasteiger charge is 2.14. The lowest BCUT2D eigenvalue weighted by molar-refractivity contribution is 0.453. The molecule has 20 heavy (non-hydrogen) atoms. The minimum Gasteiger partial charge on any atom is -0.437 e. The fourth-order valence-corrected chi connectivity index (χ4v) is 2.36. The predicted octanol–water partition coefficient (Wildman–Crippen LogP) is 4.37. The highest BCUT2D eigenvalue weighted by Crippen LogP contribution is 2.34. The Labute approximate surface area is 134 Å². The van der Waals surface area contributed by atoms with Crippen LogP contribution in [0.4, 0.5) is 4.39 Å². The molecule has 1 heterocycles. The molecule has 0 radical (unpaired) electrons. The van der Waals surface area contributed by atoms with Gasteiger partial charge in [-0.3, -0.25) is 0 Å². The molecule has 1 aromatic heterocycles. The van der Waals surface area contributed by atoms with Gasteiger partial charge in [-0.1, -0.05) is 23.8 Å². The van der Waals surface area contributed by atoms with Gasteiger partial charge in [0.15, 0.2) is 0 Å². The van der Waals surface area contributed by atoms with Gasteiger partial charge in [-0.15, -0.1) is 0 Å². The number of nitrogens with zero attached hydrogens (tertiary/aromatic N) is 1. The highest BCUT2D eigenvalue weighted by atomic mass is 79.9. The summed E-state index contributed by atoms with van der Waals surface area (Å²) in [5.74, 6) is -0.128. The van der Waals surface area contributed by atoms with Gasteiger partial charge in [0.05, 0.1) is 15.1 Å². The molecule has 0 aliphatic rings. The Kier molecular flexibility index (Phi) is 4.57. The molecule has 2 N–H and O–H groups in total. The summed E-state index contributed by atoms with van der Waals surface area (Å²) in [6.45, 7) is 1.80. The number of ether oxygens (including phenoxy) is 1. The quantitative estimate of drug-likeness (QED) is 0.639. The Morgan fingerprint density at radius 1 is 1.45 bits per heavy atom. The minimum absolute atomic E-state index is 0.00371. The average molecular weight is 376 g/mol. The monoisotopic (exact) mass is 374 g/mol. The molecule has 0 saturated heterocycles. The number of hydrogen-bond acceptors (Lipinski definition) is 3. The number of aryl methyl sites for hydroxylation is 1. The molecule has 1 aromatic carbocycles. The van der Waals surface area contributed by atoms with E-state index in [-0.39, 0.29) is 21.6 Å². The van der Waals surface area contributed by atoms with Crippen molar-refractivity contribution in [2.45, 2.75) is 6.92 Å². The third kappa shape index (κ3) is 3.26. The van der Waals surface area contributed by atoms with E-state index >= 15 is 0 Å². The smallest absolute Gasteiger partial charge is 0.229 e. The molecule has 7 heteroatoms. The standard InChI is InChI=1S/C13H9BrClFN2OS/c1-6-2-3-7(12(17)20)13(18-6)19-11-5-10(16)9(15)4-8(11)14/h2-5H,1H3,(H2,17,20). The molecule has 0 spiro atoms. The topological polar surface area (TPSA) is 48.1 Å². The van der Waals surface area contributed by atoms with Crippen LogP contribution in [0.2, 0.25) is 5.02 Å². The number of benzene rings is 1. The molecule has 104 valence electrons. The summed E-state index contributed by atoms with van der Waals surface area (Å²) in [5.41, 5.74) is 6.82. The maximum atomic E-state index is 13.5. The molecule has 0 saturated carbocycles. The lowest BCUT2D eigenvalue weighted by Gasteiger charge is -2.11. The van der Waals surface area contributed by atoms with Crippen molar-refractivity contribution in [3.05, 3.63) is 50.8 Å². The minimum atomic E-state index is -0.589. The van der Waals surface area contributed by atoms with Gasteiger partial charge in [0, 0.05) is 11.8 Å². The van der Waals surface area contributed by atoms with E-state index in [2.05, 4.69) is 20.9 Å². The maximum absolute atomic E-state index is 13.5. The van der Waals surface area contributed by atoms with Gasteiger partial charge in [0.1, 0.15) is 16.6 Å². The molecule has 0 unspecified atom stereocenters. The van der Waals surface area contributed by atoms with Gasteiger partial charge in [-0.05, 0) is 41.1 Å². The molecule has 2 rings (SSSR count). The number of halogens is 3. The van der Waals surface area contributed by atoms with Crippen LogP contribution in [-0.4, -0.2) is 9.97 Å². The zero-order chi connectivity index (χ0) is 14.9. The van der Waals surface area contributed by atoms with E-state index in [1.54, 1.807) is 19.1 Å². The zero-order valence-electron chi connectivity index (χ0n) is 10.3. The summed E-state index contributed by atoms with van der Waals surface area (Å²) in [4.78, 5) is 4.37. The van der Waals surface area contributed by atoms with Gasteiger partial charge >= 0.3 is 0 Å². The van der Waals surface area contributed by atoms with E-state index in [9.17, 15) is 4.39 Å². The van der Waals surface area contributed by atoms with Crippen molar-refractivity contribution in [2.24, 2.45) is 5.73 Å². The maximum Gasteiger partial charge on any atom is 0.229 e. The molecule has 0 bridgehead atoms. The third-order valence-electron chi connectivity index (χ3n) is 2.45. The molecular formula is C13H9BrClFN2OS. The largest absolute Gasteiger partial charge is 0.437 e. The number of pyridine rings is 1. The first-order valence-electron chi connectivity index (χ1n) is 5.48. The van der Waals surface area contributed by atoms with Crippen molar-refractivity contribution in [2.75, 3.05) is 0 Å². The fourth-order valence-electron chi connectivity index (χ4n) is 1.48. The third-order valence-corrected chi connectivity index (χ3v) is 3.58. The number of thiocarbonyl (C=S) groups is 1. The van der Waals surface area contributed by atoms with Crippen LogP contribution in [0, 0.1) is 12.7 Å². The van der Waals surface area contributed by atoms with Crippen molar-refractivity contribution < 1.29 is 9.13 Å². The second-order valence-electron chi connectivity index (χ2n) is 3.97. The summed E-state index contributed by atoms with van der Waals surface area (Å²) in [5, 5.41) is -0.00371. The molecular weight excluding hydrogens is 367 g/mol. The van der Waals surface area contributed by atoms with Crippen molar-refractivity contribution >= 4 is 44.7 Å². The molecule has 0 aliphatic heterocycles. The molecule has 0 aliphatic carbocycles. The predicted molar refractivity (Wildman–Crippen MR) is 84.0 cm³/mol. The van der Waals surface area contributed by atoms with Crippen molar-refractivity contribution in [3.63, 3.8) is 0 Å². The Hall–Kier alpha value is -1.24. The van der Waals surface area contributed by atoms with Gasteiger partial charge < -0.3 is 10.5 Å². The zero-order valence-corrected chi connectivity index (χ0v) is 13.4. The molecule has 3 nitrogen and oxygen atoms in total. The van der Waals surface area contributed by atoms with Gasteiger partial charge in [0.2, 0.25) is 5.88 Å². The van der Waals surface area contributed by atoms with Crippen molar-refractivity contribution in [3.8, 4) is 11.6 Å². The van der Waals surface area contributed by atoms with Crippen LogP contribution < -0.4 is 10.5 Å². The van der Waals surface area contributed by atoms with Gasteiger partial charge in [0.25, 0.3) is 0 Å². The first-order valence-corrected chi connectivity index (χ1v) is 7.06. The Morgan fingerprint density at radius 2 is 2.15 bits per heavy atom. The van der Waals surface area contributed by atoms with Crippen LogP contribution in [0.15, 0.2) is 28.7 Å². The van der Waals surface area contributed by atoms with Crippen LogP contribution in [0.3, 0.4) is 0 Å². The second-order valence-corrected chi connectivity index (χ2v) is 5.67. The van der Waals surface area contributed by atoms with Crippen molar-refractivity contribution in [1.82, 2.24) is 4.98 Å². The molecule has 0 amide bonds. The molecule has 0 atom stereocenters. The van der Waals surface area contributed by atoms with Crippen LogP contribution in [0.1, 0.15) is 11.3 Å². The Bertz CT molecular complexity index is 696. The molecule has 0 fully saturated rings. The van der Waals surface area contributed by atoms with E-state index in [0.717, 1.165) is 5.69 Å². The van der Waals surface area contributed by atoms with E-state index in [1.165, 1.54) is 12.1 Å². The second kappa shape index (κ2) is 6.03. The summed E-state index contributed by atoms with van der Waals surface area (Å²) >= 11 is 13.9. The van der Waals surface area contributed by atoms with E-state index in [4.69, 9.17) is 34.3 Å². The summed E-state index contributed by atoms with van der Waals surface area (Å²) in [6, 6.07) is 6.04. The van der Waals surface area contributed by atoms with Crippen LogP contribution in [0.25, 0.3) is 0 Å². The average Bonchev–Trinajstić information content (AvgIpc) is 2.35. The van der Waals surface area contributed by atoms with Crippen LogP contribution >= 0.6 is 39.7 Å².